The Balaban J connectivity index is 0.000000980. The zero-order chi connectivity index (χ0) is 9.31. The van der Waals surface area contributed by atoms with E-state index >= 15 is 0 Å². The van der Waals surface area contributed by atoms with Crippen LogP contribution in [-0.2, 0) is 0 Å². The molecule has 0 aromatic carbocycles. The second-order valence-electron chi connectivity index (χ2n) is 3.47. The lowest BCUT2D eigenvalue weighted by Gasteiger charge is -2.29. The minimum Gasteiger partial charge on any atom is -0.259 e. The fraction of sp³-hybridized carbons (Fsp3) is 0.500. The van der Waals surface area contributed by atoms with Gasteiger partial charge in [0.05, 0.1) is 5.71 Å². The molecule has 1 aliphatic carbocycles. The zero-order valence-corrected chi connectivity index (χ0v) is 8.44. The van der Waals surface area contributed by atoms with Crippen molar-refractivity contribution in [3.8, 4) is 0 Å². The summed E-state index contributed by atoms with van der Waals surface area (Å²) in [6, 6.07) is 0. The van der Waals surface area contributed by atoms with Crippen molar-refractivity contribution in [1.82, 2.24) is 0 Å². The standard InChI is InChI=1S/C10H11F2N.ClH/c11-10(12)6-1-2-7-13-9(10)8-4-3-5-8;/h1-2,6-8H,3-5H2;1H. The third-order valence-electron chi connectivity index (χ3n) is 2.55. The van der Waals surface area contributed by atoms with Gasteiger partial charge in [-0.05, 0) is 25.0 Å². The average Bonchev–Trinajstić information content (AvgIpc) is 2.11. The summed E-state index contributed by atoms with van der Waals surface area (Å²) in [7, 11) is 0. The van der Waals surface area contributed by atoms with Crippen LogP contribution < -0.4 is 0 Å². The van der Waals surface area contributed by atoms with E-state index in [0.717, 1.165) is 25.3 Å². The molecule has 0 unspecified atom stereocenters. The minimum absolute atomic E-state index is 0. The van der Waals surface area contributed by atoms with Gasteiger partial charge in [-0.15, -0.1) is 12.4 Å². The summed E-state index contributed by atoms with van der Waals surface area (Å²) in [5.41, 5.74) is 0.0451. The summed E-state index contributed by atoms with van der Waals surface area (Å²) in [6.45, 7) is 0. The smallest absolute Gasteiger partial charge is 0.259 e. The molecule has 0 aromatic heterocycles. The molecule has 1 saturated carbocycles. The van der Waals surface area contributed by atoms with E-state index in [0.29, 0.717) is 0 Å². The Kier molecular flexibility index (Phi) is 3.43. The number of nitrogens with zero attached hydrogens (tertiary/aromatic N) is 1. The molecular formula is C10H12ClF2N. The van der Waals surface area contributed by atoms with Gasteiger partial charge in [-0.2, -0.15) is 8.78 Å². The molecule has 1 fully saturated rings. The van der Waals surface area contributed by atoms with Crippen LogP contribution in [0.15, 0.2) is 29.4 Å². The molecule has 0 aromatic rings. The Morgan fingerprint density at radius 1 is 1.29 bits per heavy atom. The number of rotatable bonds is 1. The topological polar surface area (TPSA) is 12.4 Å². The minimum atomic E-state index is -2.84. The van der Waals surface area contributed by atoms with Crippen molar-refractivity contribution < 1.29 is 8.78 Å². The maximum atomic E-state index is 13.3. The van der Waals surface area contributed by atoms with Gasteiger partial charge >= 0.3 is 5.92 Å². The van der Waals surface area contributed by atoms with Crippen molar-refractivity contribution in [2.24, 2.45) is 10.9 Å². The van der Waals surface area contributed by atoms with Gasteiger partial charge in [-0.1, -0.05) is 12.5 Å². The summed E-state index contributed by atoms with van der Waals surface area (Å²) in [5.74, 6) is -2.84. The third-order valence-corrected chi connectivity index (χ3v) is 2.55. The van der Waals surface area contributed by atoms with Crippen LogP contribution in [-0.4, -0.2) is 11.6 Å². The highest BCUT2D eigenvalue weighted by atomic mass is 35.5. The van der Waals surface area contributed by atoms with Gasteiger partial charge in [0.15, 0.2) is 0 Å². The molecule has 0 saturated heterocycles. The van der Waals surface area contributed by atoms with Crippen LogP contribution in [0.2, 0.25) is 0 Å². The summed E-state index contributed by atoms with van der Waals surface area (Å²) >= 11 is 0. The first kappa shape index (κ1) is 11.4. The van der Waals surface area contributed by atoms with Crippen molar-refractivity contribution in [2.75, 3.05) is 0 Å². The molecule has 78 valence electrons. The monoisotopic (exact) mass is 219 g/mol. The van der Waals surface area contributed by atoms with E-state index < -0.39 is 5.92 Å². The molecule has 1 aliphatic heterocycles. The number of alkyl halides is 2. The largest absolute Gasteiger partial charge is 0.304 e. The molecule has 0 amide bonds. The van der Waals surface area contributed by atoms with E-state index in [2.05, 4.69) is 4.99 Å². The van der Waals surface area contributed by atoms with Crippen LogP contribution in [0.5, 0.6) is 0 Å². The molecule has 4 heteroatoms. The van der Waals surface area contributed by atoms with Crippen LogP contribution >= 0.6 is 12.4 Å². The van der Waals surface area contributed by atoms with E-state index in [1.54, 1.807) is 6.08 Å². The number of aliphatic imine (C=N–C) groups is 1. The maximum absolute atomic E-state index is 13.3. The normalized spacial score (nSPS) is 24.6. The lowest BCUT2D eigenvalue weighted by Crippen LogP contribution is -2.36. The predicted octanol–water partition coefficient (Wildman–Crippen LogP) is 3.37. The van der Waals surface area contributed by atoms with Crippen LogP contribution in [0.1, 0.15) is 19.3 Å². The van der Waals surface area contributed by atoms with Gasteiger partial charge < -0.3 is 0 Å². The van der Waals surface area contributed by atoms with Crippen molar-refractivity contribution in [3.05, 3.63) is 24.4 Å². The summed E-state index contributed by atoms with van der Waals surface area (Å²) in [5, 5.41) is 0. The molecule has 2 rings (SSSR count). The maximum Gasteiger partial charge on any atom is 0.304 e. The Labute approximate surface area is 88.0 Å². The number of allylic oxidation sites excluding steroid dienone is 3. The van der Waals surface area contributed by atoms with Gasteiger partial charge in [-0.3, -0.25) is 4.99 Å². The summed E-state index contributed by atoms with van der Waals surface area (Å²) in [4.78, 5) is 3.82. The highest BCUT2D eigenvalue weighted by Crippen LogP contribution is 2.35. The lowest BCUT2D eigenvalue weighted by molar-refractivity contribution is 0.123. The van der Waals surface area contributed by atoms with Crippen molar-refractivity contribution in [3.63, 3.8) is 0 Å². The molecule has 1 nitrogen and oxygen atoms in total. The highest BCUT2D eigenvalue weighted by molar-refractivity contribution is 5.96. The van der Waals surface area contributed by atoms with E-state index in [1.807, 2.05) is 0 Å². The molecule has 0 bridgehead atoms. The Hall–Kier alpha value is -0.700. The first-order chi connectivity index (χ1) is 6.20. The third kappa shape index (κ3) is 2.03. The van der Waals surface area contributed by atoms with Crippen molar-refractivity contribution in [1.29, 1.82) is 0 Å². The molecule has 1 heterocycles. The van der Waals surface area contributed by atoms with Crippen LogP contribution in [0.25, 0.3) is 0 Å². The van der Waals surface area contributed by atoms with Crippen molar-refractivity contribution >= 4 is 18.1 Å². The average molecular weight is 220 g/mol. The molecular weight excluding hydrogens is 208 g/mol. The molecule has 0 atom stereocenters. The molecule has 2 aliphatic rings. The molecule has 0 spiro atoms. The van der Waals surface area contributed by atoms with Gasteiger partial charge in [0.2, 0.25) is 0 Å². The first-order valence-corrected chi connectivity index (χ1v) is 4.50. The SMILES string of the molecule is Cl.FC1(F)C=CC=CN=C1C1CCC1. The number of halogens is 3. The molecule has 0 N–H and O–H groups in total. The van der Waals surface area contributed by atoms with Crippen LogP contribution in [0.4, 0.5) is 8.78 Å². The Bertz CT molecular complexity index is 290. The zero-order valence-electron chi connectivity index (χ0n) is 7.62. The lowest BCUT2D eigenvalue weighted by atomic mass is 9.79. The number of hydrogen-bond donors (Lipinski definition) is 0. The Morgan fingerprint density at radius 3 is 2.57 bits per heavy atom. The highest BCUT2D eigenvalue weighted by Gasteiger charge is 2.40. The van der Waals surface area contributed by atoms with Gasteiger partial charge in [-0.25, -0.2) is 0 Å². The van der Waals surface area contributed by atoms with Gasteiger partial charge in [0.1, 0.15) is 0 Å². The van der Waals surface area contributed by atoms with Crippen LogP contribution in [0, 0.1) is 5.92 Å². The summed E-state index contributed by atoms with van der Waals surface area (Å²) < 4.78 is 26.7. The fourth-order valence-electron chi connectivity index (χ4n) is 1.58. The quantitative estimate of drug-likeness (QED) is 0.641. The van der Waals surface area contributed by atoms with E-state index in [9.17, 15) is 8.78 Å². The van der Waals surface area contributed by atoms with Gasteiger partial charge in [0, 0.05) is 12.1 Å². The molecule has 0 radical (unpaired) electrons. The summed E-state index contributed by atoms with van der Waals surface area (Å²) in [6.07, 6.45) is 8.03. The molecule has 14 heavy (non-hydrogen) atoms. The van der Waals surface area contributed by atoms with E-state index in [4.69, 9.17) is 0 Å². The van der Waals surface area contributed by atoms with Crippen LogP contribution in [0.3, 0.4) is 0 Å². The first-order valence-electron chi connectivity index (χ1n) is 4.50. The predicted molar refractivity (Wildman–Crippen MR) is 55.3 cm³/mol. The van der Waals surface area contributed by atoms with Crippen molar-refractivity contribution in [2.45, 2.75) is 25.2 Å². The Morgan fingerprint density at radius 2 is 2.00 bits per heavy atom. The van der Waals surface area contributed by atoms with E-state index in [-0.39, 0.29) is 24.0 Å². The van der Waals surface area contributed by atoms with Gasteiger partial charge in [0.25, 0.3) is 0 Å². The van der Waals surface area contributed by atoms with E-state index in [1.165, 1.54) is 12.3 Å². The number of hydrogen-bond acceptors (Lipinski definition) is 1. The fourth-order valence-corrected chi connectivity index (χ4v) is 1.58. The second-order valence-corrected chi connectivity index (χ2v) is 3.47. The second kappa shape index (κ2) is 4.22.